The van der Waals surface area contributed by atoms with Crippen LogP contribution in [-0.4, -0.2) is 36.1 Å². The molecule has 20 heavy (non-hydrogen) atoms. The number of nitrogens with one attached hydrogen (secondary N) is 1. The zero-order valence-electron chi connectivity index (χ0n) is 13.2. The number of likely N-dealkylation sites (N-methyl/N-ethyl adjacent to an activating group) is 2. The summed E-state index contributed by atoms with van der Waals surface area (Å²) in [5.74, 6) is 0.670. The van der Waals surface area contributed by atoms with Crippen molar-refractivity contribution in [2.45, 2.75) is 51.1 Å². The van der Waals surface area contributed by atoms with Crippen molar-refractivity contribution in [2.75, 3.05) is 26.4 Å². The predicted molar refractivity (Wildman–Crippen MR) is 84.7 cm³/mol. The Balaban J connectivity index is 2.50. The van der Waals surface area contributed by atoms with Crippen LogP contribution in [0.15, 0.2) is 12.3 Å². The minimum absolute atomic E-state index is 0.151. The number of nitrogen functional groups attached to an aromatic ring is 1. The Morgan fingerprint density at radius 2 is 2.05 bits per heavy atom. The minimum Gasteiger partial charge on any atom is -0.383 e. The molecule has 0 bridgehead atoms. The van der Waals surface area contributed by atoms with E-state index in [9.17, 15) is 0 Å². The van der Waals surface area contributed by atoms with Crippen molar-refractivity contribution in [3.63, 3.8) is 0 Å². The SMILES string of the molecule is CCNC(c1c(C)ccnc1N)C1(N(C)C)CCCC1. The Kier molecular flexibility index (Phi) is 4.66. The van der Waals surface area contributed by atoms with Crippen LogP contribution in [0.1, 0.15) is 49.8 Å². The average Bonchev–Trinajstić information content (AvgIpc) is 2.88. The smallest absolute Gasteiger partial charge is 0.128 e. The van der Waals surface area contributed by atoms with Crippen LogP contribution in [0.25, 0.3) is 0 Å². The highest BCUT2D eigenvalue weighted by molar-refractivity contribution is 5.47. The first kappa shape index (κ1) is 15.3. The van der Waals surface area contributed by atoms with Gasteiger partial charge in [-0.25, -0.2) is 4.98 Å². The van der Waals surface area contributed by atoms with Crippen LogP contribution in [0.2, 0.25) is 0 Å². The summed E-state index contributed by atoms with van der Waals surface area (Å²) in [7, 11) is 4.38. The van der Waals surface area contributed by atoms with Gasteiger partial charge >= 0.3 is 0 Å². The van der Waals surface area contributed by atoms with Crippen molar-refractivity contribution in [3.8, 4) is 0 Å². The van der Waals surface area contributed by atoms with E-state index in [-0.39, 0.29) is 11.6 Å². The van der Waals surface area contributed by atoms with Gasteiger partial charge in [-0.05, 0) is 52.0 Å². The zero-order chi connectivity index (χ0) is 14.8. The second kappa shape index (κ2) is 6.10. The van der Waals surface area contributed by atoms with Crippen molar-refractivity contribution >= 4 is 5.82 Å². The van der Waals surface area contributed by atoms with Crippen molar-refractivity contribution < 1.29 is 0 Å². The van der Waals surface area contributed by atoms with Crippen LogP contribution >= 0.6 is 0 Å². The second-order valence-electron chi connectivity index (χ2n) is 6.12. The fourth-order valence-electron chi connectivity index (χ4n) is 3.71. The predicted octanol–water partition coefficient (Wildman–Crippen LogP) is 2.50. The molecule has 0 saturated heterocycles. The molecule has 112 valence electrons. The Bertz CT molecular complexity index is 430. The number of anilines is 1. The molecule has 3 N–H and O–H groups in total. The maximum atomic E-state index is 6.21. The zero-order valence-corrected chi connectivity index (χ0v) is 13.2. The lowest BCUT2D eigenvalue weighted by molar-refractivity contribution is 0.105. The van der Waals surface area contributed by atoms with E-state index >= 15 is 0 Å². The summed E-state index contributed by atoms with van der Waals surface area (Å²) in [4.78, 5) is 6.71. The molecule has 0 amide bonds. The third-order valence-corrected chi connectivity index (χ3v) is 4.83. The van der Waals surface area contributed by atoms with Gasteiger partial charge in [-0.1, -0.05) is 19.8 Å². The monoisotopic (exact) mass is 276 g/mol. The van der Waals surface area contributed by atoms with Gasteiger partial charge in [-0.2, -0.15) is 0 Å². The van der Waals surface area contributed by atoms with Crippen LogP contribution in [0.5, 0.6) is 0 Å². The molecule has 2 rings (SSSR count). The topological polar surface area (TPSA) is 54.2 Å². The fraction of sp³-hybridized carbons (Fsp3) is 0.688. The fourth-order valence-corrected chi connectivity index (χ4v) is 3.71. The average molecular weight is 276 g/mol. The van der Waals surface area contributed by atoms with E-state index in [1.54, 1.807) is 6.20 Å². The summed E-state index contributed by atoms with van der Waals surface area (Å²) in [6.07, 6.45) is 6.81. The molecule has 0 radical (unpaired) electrons. The maximum absolute atomic E-state index is 6.21. The molecule has 4 heteroatoms. The van der Waals surface area contributed by atoms with E-state index < -0.39 is 0 Å². The van der Waals surface area contributed by atoms with Gasteiger partial charge in [0.15, 0.2) is 0 Å². The molecule has 0 spiro atoms. The molecule has 0 aromatic carbocycles. The normalized spacial score (nSPS) is 19.4. The van der Waals surface area contributed by atoms with Gasteiger partial charge in [0, 0.05) is 17.3 Å². The quantitative estimate of drug-likeness (QED) is 0.867. The van der Waals surface area contributed by atoms with Gasteiger partial charge in [0.05, 0.1) is 6.04 Å². The maximum Gasteiger partial charge on any atom is 0.128 e. The van der Waals surface area contributed by atoms with Crippen LogP contribution < -0.4 is 11.1 Å². The Morgan fingerprint density at radius 1 is 1.40 bits per heavy atom. The van der Waals surface area contributed by atoms with Gasteiger partial charge in [-0.15, -0.1) is 0 Å². The number of hydrogen-bond acceptors (Lipinski definition) is 4. The highest BCUT2D eigenvalue weighted by Gasteiger charge is 2.44. The number of nitrogens with zero attached hydrogens (tertiary/aromatic N) is 2. The lowest BCUT2D eigenvalue weighted by Gasteiger charge is -2.44. The molecule has 0 aliphatic heterocycles. The molecule has 1 aromatic heterocycles. The van der Waals surface area contributed by atoms with Crippen molar-refractivity contribution in [1.82, 2.24) is 15.2 Å². The Morgan fingerprint density at radius 3 is 2.55 bits per heavy atom. The number of aromatic nitrogens is 1. The van der Waals surface area contributed by atoms with Gasteiger partial charge < -0.3 is 16.0 Å². The molecule has 1 unspecified atom stereocenters. The molecule has 1 aliphatic carbocycles. The van der Waals surface area contributed by atoms with E-state index in [4.69, 9.17) is 5.73 Å². The standard InChI is InChI=1S/C16H28N4/c1-5-18-14(13-12(2)8-11-19-15(13)17)16(20(3)4)9-6-7-10-16/h8,11,14,18H,5-7,9-10H2,1-4H3,(H2,17,19). The van der Waals surface area contributed by atoms with Gasteiger partial charge in [0.2, 0.25) is 0 Å². The van der Waals surface area contributed by atoms with E-state index in [1.165, 1.54) is 36.8 Å². The molecule has 4 nitrogen and oxygen atoms in total. The largest absolute Gasteiger partial charge is 0.383 e. The van der Waals surface area contributed by atoms with Gasteiger partial charge in [0.25, 0.3) is 0 Å². The molecule has 1 heterocycles. The molecular weight excluding hydrogens is 248 g/mol. The number of nitrogens with two attached hydrogens (primary N) is 1. The molecule has 1 saturated carbocycles. The van der Waals surface area contributed by atoms with Crippen LogP contribution in [0.3, 0.4) is 0 Å². The first-order chi connectivity index (χ1) is 9.53. The van der Waals surface area contributed by atoms with Crippen LogP contribution in [0.4, 0.5) is 5.82 Å². The second-order valence-corrected chi connectivity index (χ2v) is 6.12. The highest BCUT2D eigenvalue weighted by Crippen LogP contribution is 2.45. The lowest BCUT2D eigenvalue weighted by Crippen LogP contribution is -2.52. The first-order valence-electron chi connectivity index (χ1n) is 7.64. The van der Waals surface area contributed by atoms with E-state index in [1.807, 2.05) is 0 Å². The van der Waals surface area contributed by atoms with E-state index in [0.717, 1.165) is 6.54 Å². The Hall–Kier alpha value is -1.13. The molecule has 1 fully saturated rings. The summed E-state index contributed by atoms with van der Waals surface area (Å²) in [5, 5.41) is 3.68. The first-order valence-corrected chi connectivity index (χ1v) is 7.64. The summed E-state index contributed by atoms with van der Waals surface area (Å²) < 4.78 is 0. The Labute approximate surface area is 122 Å². The highest BCUT2D eigenvalue weighted by atomic mass is 15.2. The third kappa shape index (κ3) is 2.54. The van der Waals surface area contributed by atoms with Crippen LogP contribution in [-0.2, 0) is 0 Å². The lowest BCUT2D eigenvalue weighted by atomic mass is 9.81. The third-order valence-electron chi connectivity index (χ3n) is 4.83. The number of hydrogen-bond donors (Lipinski definition) is 2. The van der Waals surface area contributed by atoms with Crippen molar-refractivity contribution in [1.29, 1.82) is 0 Å². The summed E-state index contributed by atoms with van der Waals surface area (Å²) in [6, 6.07) is 2.31. The van der Waals surface area contributed by atoms with E-state index in [0.29, 0.717) is 5.82 Å². The molecule has 1 aromatic rings. The molecule has 1 atom stereocenters. The number of rotatable bonds is 5. The van der Waals surface area contributed by atoms with Crippen molar-refractivity contribution in [2.24, 2.45) is 0 Å². The summed E-state index contributed by atoms with van der Waals surface area (Å²) in [6.45, 7) is 5.23. The van der Waals surface area contributed by atoms with Crippen LogP contribution in [0, 0.1) is 6.92 Å². The number of aryl methyl sites for hydroxylation is 1. The van der Waals surface area contributed by atoms with Gasteiger partial charge in [-0.3, -0.25) is 0 Å². The number of pyridine rings is 1. The van der Waals surface area contributed by atoms with Gasteiger partial charge in [0.1, 0.15) is 5.82 Å². The van der Waals surface area contributed by atoms with E-state index in [2.05, 4.69) is 49.2 Å². The summed E-state index contributed by atoms with van der Waals surface area (Å²) in [5.41, 5.74) is 8.78. The molecular formula is C16H28N4. The molecule has 1 aliphatic rings. The minimum atomic E-state index is 0.151. The summed E-state index contributed by atoms with van der Waals surface area (Å²) >= 11 is 0. The van der Waals surface area contributed by atoms with Crippen molar-refractivity contribution in [3.05, 3.63) is 23.4 Å².